The predicted molar refractivity (Wildman–Crippen MR) is 86.0 cm³/mol. The highest BCUT2D eigenvalue weighted by Crippen LogP contribution is 2.33. The minimum Gasteiger partial charge on any atom is -0.457 e. The van der Waals surface area contributed by atoms with Crippen LogP contribution in [0.4, 0.5) is 0 Å². The molecule has 1 N–H and O–H groups in total. The number of para-hydroxylation sites is 1. The maximum atomic E-state index is 6.26. The molecule has 0 aliphatic heterocycles. The standard InChI is InChI=1S/C16H14Cl2N2O/c1-2-20-15(11-6-7-19-9-13(11)18)14-8-10-4-3-5-12(17)16(10)21-14/h3-9,15,20H,2H2,1H3. The second kappa shape index (κ2) is 6.06. The number of halogens is 2. The second-order valence-corrected chi connectivity index (χ2v) is 5.51. The van der Waals surface area contributed by atoms with Gasteiger partial charge in [-0.05, 0) is 30.3 Å². The molecule has 2 heterocycles. The Hall–Kier alpha value is -1.55. The van der Waals surface area contributed by atoms with Crippen LogP contribution in [-0.4, -0.2) is 11.5 Å². The number of pyridine rings is 1. The van der Waals surface area contributed by atoms with Gasteiger partial charge in [-0.15, -0.1) is 0 Å². The Bertz CT molecular complexity index is 770. The van der Waals surface area contributed by atoms with Gasteiger partial charge in [0.2, 0.25) is 0 Å². The van der Waals surface area contributed by atoms with Crippen molar-refractivity contribution in [3.05, 3.63) is 64.1 Å². The van der Waals surface area contributed by atoms with Crippen molar-refractivity contribution < 1.29 is 4.42 Å². The monoisotopic (exact) mass is 320 g/mol. The van der Waals surface area contributed by atoms with E-state index in [2.05, 4.69) is 10.3 Å². The summed E-state index contributed by atoms with van der Waals surface area (Å²) in [5, 5.41) is 5.58. The van der Waals surface area contributed by atoms with Crippen molar-refractivity contribution in [1.29, 1.82) is 0 Å². The van der Waals surface area contributed by atoms with Crippen LogP contribution in [0.3, 0.4) is 0 Å². The van der Waals surface area contributed by atoms with E-state index in [1.54, 1.807) is 12.4 Å². The summed E-state index contributed by atoms with van der Waals surface area (Å²) in [7, 11) is 0. The SMILES string of the molecule is CCNC(c1cc2cccc(Cl)c2o1)c1ccncc1Cl. The van der Waals surface area contributed by atoms with E-state index >= 15 is 0 Å². The number of furan rings is 1. The molecule has 0 bridgehead atoms. The molecule has 1 aromatic carbocycles. The highest BCUT2D eigenvalue weighted by molar-refractivity contribution is 6.34. The number of fused-ring (bicyclic) bond motifs is 1. The molecule has 0 fully saturated rings. The first-order valence-corrected chi connectivity index (χ1v) is 7.47. The number of nitrogens with one attached hydrogen (secondary N) is 1. The fourth-order valence-corrected chi connectivity index (χ4v) is 2.83. The highest BCUT2D eigenvalue weighted by atomic mass is 35.5. The topological polar surface area (TPSA) is 38.1 Å². The first kappa shape index (κ1) is 14.4. The Kier molecular flexibility index (Phi) is 4.15. The fourth-order valence-electron chi connectivity index (χ4n) is 2.38. The summed E-state index contributed by atoms with van der Waals surface area (Å²) >= 11 is 12.4. The van der Waals surface area contributed by atoms with Gasteiger partial charge in [0.15, 0.2) is 5.58 Å². The largest absolute Gasteiger partial charge is 0.457 e. The van der Waals surface area contributed by atoms with Crippen LogP contribution in [-0.2, 0) is 0 Å². The third-order valence-corrected chi connectivity index (χ3v) is 3.94. The van der Waals surface area contributed by atoms with Gasteiger partial charge in [-0.3, -0.25) is 4.98 Å². The van der Waals surface area contributed by atoms with Crippen molar-refractivity contribution in [2.45, 2.75) is 13.0 Å². The number of hydrogen-bond acceptors (Lipinski definition) is 3. The van der Waals surface area contributed by atoms with Gasteiger partial charge in [0.05, 0.1) is 16.1 Å². The Morgan fingerprint density at radius 3 is 2.81 bits per heavy atom. The van der Waals surface area contributed by atoms with Crippen molar-refractivity contribution in [2.75, 3.05) is 6.54 Å². The molecule has 0 saturated carbocycles. The molecule has 3 rings (SSSR count). The van der Waals surface area contributed by atoms with Crippen LogP contribution in [0, 0.1) is 0 Å². The lowest BCUT2D eigenvalue weighted by molar-refractivity contribution is 0.477. The molecule has 0 saturated heterocycles. The van der Waals surface area contributed by atoms with Crippen LogP contribution >= 0.6 is 23.2 Å². The summed E-state index contributed by atoms with van der Waals surface area (Å²) in [6.07, 6.45) is 3.36. The molecule has 0 radical (unpaired) electrons. The minimum absolute atomic E-state index is 0.131. The Balaban J connectivity index is 2.11. The molecule has 0 aliphatic carbocycles. The van der Waals surface area contributed by atoms with E-state index in [0.29, 0.717) is 15.6 Å². The lowest BCUT2D eigenvalue weighted by atomic mass is 10.1. The van der Waals surface area contributed by atoms with Crippen molar-refractivity contribution in [3.8, 4) is 0 Å². The quantitative estimate of drug-likeness (QED) is 0.748. The minimum atomic E-state index is -0.131. The number of nitrogens with zero attached hydrogens (tertiary/aromatic N) is 1. The van der Waals surface area contributed by atoms with E-state index < -0.39 is 0 Å². The first-order chi connectivity index (χ1) is 10.2. The summed E-state index contributed by atoms with van der Waals surface area (Å²) in [4.78, 5) is 4.03. The summed E-state index contributed by atoms with van der Waals surface area (Å²) in [6, 6.07) is 9.46. The zero-order valence-corrected chi connectivity index (χ0v) is 12.9. The zero-order valence-electron chi connectivity index (χ0n) is 11.4. The van der Waals surface area contributed by atoms with Gasteiger partial charge in [-0.25, -0.2) is 0 Å². The van der Waals surface area contributed by atoms with E-state index in [9.17, 15) is 0 Å². The van der Waals surface area contributed by atoms with Crippen LogP contribution in [0.25, 0.3) is 11.0 Å². The molecule has 0 spiro atoms. The first-order valence-electron chi connectivity index (χ1n) is 6.71. The van der Waals surface area contributed by atoms with Gasteiger partial charge in [-0.2, -0.15) is 0 Å². The summed E-state index contributed by atoms with van der Waals surface area (Å²) in [5.74, 6) is 0.785. The molecule has 0 aliphatic rings. The number of benzene rings is 1. The number of aromatic nitrogens is 1. The van der Waals surface area contributed by atoms with Crippen molar-refractivity contribution in [3.63, 3.8) is 0 Å². The Morgan fingerprint density at radius 1 is 1.24 bits per heavy atom. The molecule has 108 valence electrons. The average molecular weight is 321 g/mol. The van der Waals surface area contributed by atoms with Crippen LogP contribution < -0.4 is 5.32 Å². The molecular weight excluding hydrogens is 307 g/mol. The van der Waals surface area contributed by atoms with Gasteiger partial charge in [0.25, 0.3) is 0 Å². The van der Waals surface area contributed by atoms with E-state index in [0.717, 1.165) is 23.3 Å². The average Bonchev–Trinajstić information content (AvgIpc) is 2.91. The third-order valence-electron chi connectivity index (χ3n) is 3.32. The number of hydrogen-bond donors (Lipinski definition) is 1. The van der Waals surface area contributed by atoms with Gasteiger partial charge in [0, 0.05) is 17.8 Å². The maximum Gasteiger partial charge on any atom is 0.152 e. The van der Waals surface area contributed by atoms with Crippen LogP contribution in [0.2, 0.25) is 10.0 Å². The summed E-state index contributed by atoms with van der Waals surface area (Å²) < 4.78 is 5.95. The molecule has 1 unspecified atom stereocenters. The predicted octanol–water partition coefficient (Wildman–Crippen LogP) is 4.83. The molecule has 3 nitrogen and oxygen atoms in total. The lowest BCUT2D eigenvalue weighted by Gasteiger charge is -2.16. The fraction of sp³-hybridized carbons (Fsp3) is 0.188. The lowest BCUT2D eigenvalue weighted by Crippen LogP contribution is -2.21. The van der Waals surface area contributed by atoms with E-state index in [-0.39, 0.29) is 6.04 Å². The molecule has 1 atom stereocenters. The summed E-state index contributed by atoms with van der Waals surface area (Å²) in [6.45, 7) is 2.83. The maximum absolute atomic E-state index is 6.26. The Morgan fingerprint density at radius 2 is 2.10 bits per heavy atom. The van der Waals surface area contributed by atoms with Gasteiger partial charge in [0.1, 0.15) is 5.76 Å². The van der Waals surface area contributed by atoms with Gasteiger partial charge in [-0.1, -0.05) is 42.3 Å². The normalized spacial score (nSPS) is 12.7. The van der Waals surface area contributed by atoms with Crippen molar-refractivity contribution in [2.24, 2.45) is 0 Å². The summed E-state index contributed by atoms with van der Waals surface area (Å²) in [5.41, 5.74) is 1.63. The Labute approximate surface area is 132 Å². The molecule has 0 amide bonds. The van der Waals surface area contributed by atoms with Crippen LogP contribution in [0.5, 0.6) is 0 Å². The molecule has 2 aromatic heterocycles. The number of rotatable bonds is 4. The van der Waals surface area contributed by atoms with Crippen molar-refractivity contribution in [1.82, 2.24) is 10.3 Å². The molecular formula is C16H14Cl2N2O. The molecule has 5 heteroatoms. The molecule has 3 aromatic rings. The van der Waals surface area contributed by atoms with Crippen LogP contribution in [0.1, 0.15) is 24.3 Å². The smallest absolute Gasteiger partial charge is 0.152 e. The van der Waals surface area contributed by atoms with Crippen molar-refractivity contribution >= 4 is 34.2 Å². The zero-order chi connectivity index (χ0) is 14.8. The van der Waals surface area contributed by atoms with E-state index in [1.165, 1.54) is 0 Å². The third kappa shape index (κ3) is 2.77. The van der Waals surface area contributed by atoms with E-state index in [4.69, 9.17) is 27.6 Å². The van der Waals surface area contributed by atoms with E-state index in [1.807, 2.05) is 37.3 Å². The molecule has 21 heavy (non-hydrogen) atoms. The van der Waals surface area contributed by atoms with Gasteiger partial charge < -0.3 is 9.73 Å². The second-order valence-electron chi connectivity index (χ2n) is 4.69. The van der Waals surface area contributed by atoms with Gasteiger partial charge >= 0.3 is 0 Å². The van der Waals surface area contributed by atoms with Crippen LogP contribution in [0.15, 0.2) is 47.1 Å². The highest BCUT2D eigenvalue weighted by Gasteiger charge is 2.20.